The Labute approximate surface area is 156 Å². The number of sulfonamides is 1. The van der Waals surface area contributed by atoms with Crippen LogP contribution in [0, 0.1) is 0 Å². The Morgan fingerprint density at radius 3 is 2.46 bits per heavy atom. The van der Waals surface area contributed by atoms with E-state index < -0.39 is 15.9 Å². The van der Waals surface area contributed by atoms with Crippen LogP contribution in [0.2, 0.25) is 5.02 Å². The summed E-state index contributed by atoms with van der Waals surface area (Å²) in [5, 5.41) is 3.34. The molecule has 0 fully saturated rings. The minimum atomic E-state index is -3.63. The lowest BCUT2D eigenvalue weighted by Gasteiger charge is -2.13. The standard InChI is InChI=1S/C18H16ClN3O3S/c1-20-26(24,25)15-6-4-5-13(11-15)18(23)21-16-8-7-14(19)12-17(16)22-9-2-3-10-22/h2-12,20H,1H3,(H,21,23). The number of amides is 1. The lowest BCUT2D eigenvalue weighted by molar-refractivity contribution is 0.102. The van der Waals surface area contributed by atoms with Crippen molar-refractivity contribution in [1.29, 1.82) is 0 Å². The van der Waals surface area contributed by atoms with Crippen molar-refractivity contribution in [3.63, 3.8) is 0 Å². The average Bonchev–Trinajstić information content (AvgIpc) is 3.17. The van der Waals surface area contributed by atoms with Crippen LogP contribution in [-0.2, 0) is 10.0 Å². The van der Waals surface area contributed by atoms with Crippen molar-refractivity contribution in [2.24, 2.45) is 0 Å². The van der Waals surface area contributed by atoms with Crippen LogP contribution in [0.1, 0.15) is 10.4 Å². The number of rotatable bonds is 5. The molecule has 1 amide bonds. The number of nitrogens with zero attached hydrogens (tertiary/aromatic N) is 1. The van der Waals surface area contributed by atoms with Gasteiger partial charge in [0, 0.05) is 23.0 Å². The minimum absolute atomic E-state index is 0.0226. The highest BCUT2D eigenvalue weighted by Crippen LogP contribution is 2.25. The molecule has 26 heavy (non-hydrogen) atoms. The zero-order valence-corrected chi connectivity index (χ0v) is 15.4. The van der Waals surface area contributed by atoms with Crippen LogP contribution < -0.4 is 10.0 Å². The Kier molecular flexibility index (Phi) is 5.13. The van der Waals surface area contributed by atoms with Gasteiger partial charge in [-0.15, -0.1) is 0 Å². The van der Waals surface area contributed by atoms with Crippen molar-refractivity contribution in [1.82, 2.24) is 9.29 Å². The number of carbonyl (C=O) groups is 1. The van der Waals surface area contributed by atoms with Crippen LogP contribution in [0.15, 0.2) is 71.9 Å². The summed E-state index contributed by atoms with van der Waals surface area (Å²) in [6, 6.07) is 14.7. The molecule has 0 aliphatic carbocycles. The highest BCUT2D eigenvalue weighted by molar-refractivity contribution is 7.89. The first-order valence-corrected chi connectivity index (χ1v) is 9.55. The van der Waals surface area contributed by atoms with E-state index >= 15 is 0 Å². The number of benzene rings is 2. The van der Waals surface area contributed by atoms with Gasteiger partial charge in [-0.05, 0) is 55.6 Å². The van der Waals surface area contributed by atoms with E-state index in [1.807, 2.05) is 29.1 Å². The lowest BCUT2D eigenvalue weighted by atomic mass is 10.2. The van der Waals surface area contributed by atoms with Crippen molar-refractivity contribution in [3.8, 4) is 5.69 Å². The molecule has 1 aromatic heterocycles. The summed E-state index contributed by atoms with van der Waals surface area (Å²) in [5.74, 6) is -0.422. The quantitative estimate of drug-likeness (QED) is 0.702. The van der Waals surface area contributed by atoms with Gasteiger partial charge in [-0.2, -0.15) is 0 Å². The van der Waals surface area contributed by atoms with E-state index in [-0.39, 0.29) is 10.5 Å². The average molecular weight is 390 g/mol. The van der Waals surface area contributed by atoms with Crippen LogP contribution >= 0.6 is 11.6 Å². The van der Waals surface area contributed by atoms with Crippen molar-refractivity contribution in [2.75, 3.05) is 12.4 Å². The summed E-state index contributed by atoms with van der Waals surface area (Å²) >= 11 is 6.07. The van der Waals surface area contributed by atoms with Gasteiger partial charge in [0.25, 0.3) is 5.91 Å². The van der Waals surface area contributed by atoms with Crippen LogP contribution in [0.5, 0.6) is 0 Å². The Morgan fingerprint density at radius 1 is 1.04 bits per heavy atom. The first-order chi connectivity index (χ1) is 12.4. The van der Waals surface area contributed by atoms with E-state index in [0.717, 1.165) is 0 Å². The second kappa shape index (κ2) is 7.33. The van der Waals surface area contributed by atoms with E-state index in [4.69, 9.17) is 11.6 Å². The fraction of sp³-hybridized carbons (Fsp3) is 0.0556. The molecule has 0 radical (unpaired) electrons. The van der Waals surface area contributed by atoms with E-state index in [2.05, 4.69) is 10.0 Å². The molecule has 3 rings (SSSR count). The first kappa shape index (κ1) is 18.2. The highest BCUT2D eigenvalue weighted by Gasteiger charge is 2.15. The van der Waals surface area contributed by atoms with Crippen LogP contribution in [0.3, 0.4) is 0 Å². The van der Waals surface area contributed by atoms with Gasteiger partial charge in [0.05, 0.1) is 16.3 Å². The molecule has 6 nitrogen and oxygen atoms in total. The predicted molar refractivity (Wildman–Crippen MR) is 101 cm³/mol. The van der Waals surface area contributed by atoms with Crippen molar-refractivity contribution in [2.45, 2.75) is 4.90 Å². The van der Waals surface area contributed by atoms with Crippen molar-refractivity contribution in [3.05, 3.63) is 77.6 Å². The lowest BCUT2D eigenvalue weighted by Crippen LogP contribution is -2.20. The Balaban J connectivity index is 1.94. The molecule has 0 aliphatic heterocycles. The van der Waals surface area contributed by atoms with Gasteiger partial charge in [0.2, 0.25) is 10.0 Å². The van der Waals surface area contributed by atoms with E-state index in [0.29, 0.717) is 16.4 Å². The van der Waals surface area contributed by atoms with Gasteiger partial charge >= 0.3 is 0 Å². The molecule has 0 aliphatic rings. The predicted octanol–water partition coefficient (Wildman–Crippen LogP) is 3.29. The maximum Gasteiger partial charge on any atom is 0.255 e. The molecule has 2 N–H and O–H groups in total. The molecule has 0 saturated carbocycles. The molecule has 2 aromatic carbocycles. The monoisotopic (exact) mass is 389 g/mol. The third-order valence-electron chi connectivity index (χ3n) is 3.77. The zero-order valence-electron chi connectivity index (χ0n) is 13.8. The topological polar surface area (TPSA) is 80.2 Å². The van der Waals surface area contributed by atoms with Gasteiger partial charge in [-0.1, -0.05) is 17.7 Å². The summed E-state index contributed by atoms with van der Waals surface area (Å²) in [6.45, 7) is 0. The molecular weight excluding hydrogens is 374 g/mol. The number of hydrogen-bond acceptors (Lipinski definition) is 3. The summed E-state index contributed by atoms with van der Waals surface area (Å²) in [4.78, 5) is 12.6. The van der Waals surface area contributed by atoms with Crippen LogP contribution in [0.25, 0.3) is 5.69 Å². The van der Waals surface area contributed by atoms with Gasteiger partial charge < -0.3 is 9.88 Å². The number of halogens is 1. The SMILES string of the molecule is CNS(=O)(=O)c1cccc(C(=O)Nc2ccc(Cl)cc2-n2cccc2)c1. The maximum absolute atomic E-state index is 12.6. The van der Waals surface area contributed by atoms with Gasteiger partial charge in [-0.25, -0.2) is 13.1 Å². The smallest absolute Gasteiger partial charge is 0.255 e. The molecule has 0 spiro atoms. The minimum Gasteiger partial charge on any atom is -0.322 e. The third-order valence-corrected chi connectivity index (χ3v) is 5.41. The Hall–Kier alpha value is -2.61. The summed E-state index contributed by atoms with van der Waals surface area (Å²) in [5.41, 5.74) is 1.49. The Bertz CT molecular complexity index is 1050. The molecule has 1 heterocycles. The fourth-order valence-corrected chi connectivity index (χ4v) is 3.38. The highest BCUT2D eigenvalue weighted by atomic mass is 35.5. The van der Waals surface area contributed by atoms with Gasteiger partial charge in [0.1, 0.15) is 0 Å². The molecule has 3 aromatic rings. The fourth-order valence-electron chi connectivity index (χ4n) is 2.44. The third kappa shape index (κ3) is 3.80. The normalized spacial score (nSPS) is 11.3. The second-order valence-corrected chi connectivity index (χ2v) is 7.76. The number of hydrogen-bond donors (Lipinski definition) is 2. The summed E-state index contributed by atoms with van der Waals surface area (Å²) < 4.78 is 27.9. The van der Waals surface area contributed by atoms with Gasteiger partial charge in [-0.3, -0.25) is 4.79 Å². The molecule has 134 valence electrons. The summed E-state index contributed by atoms with van der Waals surface area (Å²) in [6.07, 6.45) is 3.67. The zero-order chi connectivity index (χ0) is 18.7. The number of carbonyl (C=O) groups excluding carboxylic acids is 1. The molecule has 0 unspecified atom stereocenters. The first-order valence-electron chi connectivity index (χ1n) is 7.68. The molecule has 0 atom stereocenters. The van der Waals surface area contributed by atoms with E-state index in [1.165, 1.54) is 25.2 Å². The molecule has 0 bridgehead atoms. The van der Waals surface area contributed by atoms with Crippen LogP contribution in [-0.4, -0.2) is 25.9 Å². The van der Waals surface area contributed by atoms with Crippen molar-refractivity contribution >= 4 is 33.2 Å². The number of nitrogens with one attached hydrogen (secondary N) is 2. The largest absolute Gasteiger partial charge is 0.322 e. The molecular formula is C18H16ClN3O3S. The molecule has 8 heteroatoms. The summed E-state index contributed by atoms with van der Waals surface area (Å²) in [7, 11) is -2.31. The van der Waals surface area contributed by atoms with Crippen molar-refractivity contribution < 1.29 is 13.2 Å². The van der Waals surface area contributed by atoms with E-state index in [9.17, 15) is 13.2 Å². The number of anilines is 1. The van der Waals surface area contributed by atoms with E-state index in [1.54, 1.807) is 24.3 Å². The Morgan fingerprint density at radius 2 is 1.77 bits per heavy atom. The van der Waals surface area contributed by atoms with Gasteiger partial charge in [0.15, 0.2) is 0 Å². The number of aromatic nitrogens is 1. The second-order valence-electron chi connectivity index (χ2n) is 5.44. The van der Waals surface area contributed by atoms with Crippen LogP contribution in [0.4, 0.5) is 5.69 Å². The molecule has 0 saturated heterocycles. The maximum atomic E-state index is 12.6.